The maximum Gasteiger partial charge on any atom is 0.253 e. The van der Waals surface area contributed by atoms with Crippen LogP contribution in [0.3, 0.4) is 0 Å². The van der Waals surface area contributed by atoms with Crippen molar-refractivity contribution < 1.29 is 4.79 Å². The molecule has 0 saturated heterocycles. The van der Waals surface area contributed by atoms with Crippen molar-refractivity contribution in [3.05, 3.63) is 47.8 Å². The molecule has 2 N–H and O–H groups in total. The molecule has 1 saturated carbocycles. The van der Waals surface area contributed by atoms with E-state index in [9.17, 15) is 4.79 Å². The van der Waals surface area contributed by atoms with Crippen molar-refractivity contribution in [2.75, 3.05) is 23.3 Å². The Hall–Kier alpha value is -2.56. The van der Waals surface area contributed by atoms with Gasteiger partial charge in [-0.05, 0) is 63.4 Å². The minimum absolute atomic E-state index is 0.0355. The molecule has 3 rings (SSSR count). The highest BCUT2D eigenvalue weighted by Crippen LogP contribution is 2.26. The second-order valence-electron chi connectivity index (χ2n) is 7.21. The first-order valence-corrected chi connectivity index (χ1v) is 9.99. The van der Waals surface area contributed by atoms with E-state index >= 15 is 0 Å². The molecule has 1 amide bonds. The summed E-state index contributed by atoms with van der Waals surface area (Å²) in [6.45, 7) is 8.41. The lowest BCUT2D eigenvalue weighted by molar-refractivity contribution is 0.0937. The number of hydrogen-bond donors (Lipinski definition) is 2. The van der Waals surface area contributed by atoms with Crippen LogP contribution in [0.15, 0.2) is 36.7 Å². The third kappa shape index (κ3) is 4.79. The average Bonchev–Trinajstić information content (AvgIpc) is 3.18. The van der Waals surface area contributed by atoms with Gasteiger partial charge in [0, 0.05) is 36.7 Å². The first-order valence-electron chi connectivity index (χ1n) is 9.99. The molecule has 1 fully saturated rings. The van der Waals surface area contributed by atoms with Gasteiger partial charge in [-0.2, -0.15) is 0 Å². The summed E-state index contributed by atoms with van der Waals surface area (Å²) in [6, 6.07) is 8.60. The lowest BCUT2D eigenvalue weighted by Crippen LogP contribution is -2.32. The Morgan fingerprint density at radius 3 is 2.56 bits per heavy atom. The maximum absolute atomic E-state index is 12.5. The number of carbonyl (C=O) groups excluding carboxylic acids is 1. The fraction of sp³-hybridized carbons (Fsp3) is 0.455. The molecule has 1 aliphatic carbocycles. The molecule has 1 aromatic heterocycles. The van der Waals surface area contributed by atoms with E-state index in [1.54, 1.807) is 12.4 Å². The average molecular weight is 367 g/mol. The molecule has 2 aromatic rings. The van der Waals surface area contributed by atoms with Crippen LogP contribution in [-0.4, -0.2) is 30.0 Å². The molecule has 5 heteroatoms. The number of amides is 1. The summed E-state index contributed by atoms with van der Waals surface area (Å²) in [7, 11) is 0. The van der Waals surface area contributed by atoms with Gasteiger partial charge in [0.1, 0.15) is 0 Å². The number of anilines is 3. The Balaban J connectivity index is 1.71. The zero-order valence-corrected chi connectivity index (χ0v) is 16.6. The summed E-state index contributed by atoms with van der Waals surface area (Å²) in [5.74, 6) is -0.0355. The summed E-state index contributed by atoms with van der Waals surface area (Å²) in [5, 5.41) is 6.52. The summed E-state index contributed by atoms with van der Waals surface area (Å²) in [6.07, 6.45) is 7.95. The first kappa shape index (κ1) is 19.2. The molecule has 1 heterocycles. The predicted molar refractivity (Wildman–Crippen MR) is 112 cm³/mol. The van der Waals surface area contributed by atoms with Gasteiger partial charge >= 0.3 is 0 Å². The predicted octanol–water partition coefficient (Wildman–Crippen LogP) is 4.65. The number of benzene rings is 1. The van der Waals surface area contributed by atoms with Gasteiger partial charge in [-0.15, -0.1) is 0 Å². The Morgan fingerprint density at radius 2 is 1.89 bits per heavy atom. The number of nitrogens with one attached hydrogen (secondary N) is 2. The quantitative estimate of drug-likeness (QED) is 0.749. The lowest BCUT2D eigenvalue weighted by atomic mass is 10.1. The number of pyridine rings is 1. The van der Waals surface area contributed by atoms with Crippen LogP contribution in [0.2, 0.25) is 0 Å². The van der Waals surface area contributed by atoms with Crippen LogP contribution in [-0.2, 0) is 0 Å². The molecule has 0 unspecified atom stereocenters. The van der Waals surface area contributed by atoms with Crippen molar-refractivity contribution in [1.29, 1.82) is 0 Å². The van der Waals surface area contributed by atoms with E-state index in [1.165, 1.54) is 24.1 Å². The van der Waals surface area contributed by atoms with Crippen LogP contribution in [0.4, 0.5) is 17.1 Å². The standard InChI is InChI=1S/C22H30N4O/c1-4-26(5-2)20-10-11-21(16(3)12-20)24-19-13-17(14-23-15-19)22(27)25-18-8-6-7-9-18/h10-15,18,24H,4-9H2,1-3H3,(H,25,27). The maximum atomic E-state index is 12.5. The minimum Gasteiger partial charge on any atom is -0.372 e. The van der Waals surface area contributed by atoms with Crippen molar-refractivity contribution >= 4 is 23.0 Å². The summed E-state index contributed by atoms with van der Waals surface area (Å²) < 4.78 is 0. The second-order valence-corrected chi connectivity index (χ2v) is 7.21. The zero-order valence-electron chi connectivity index (χ0n) is 16.6. The zero-order chi connectivity index (χ0) is 19.2. The molecular formula is C22H30N4O. The Kier molecular flexibility index (Phi) is 6.32. The van der Waals surface area contributed by atoms with Gasteiger partial charge in [-0.1, -0.05) is 12.8 Å². The van der Waals surface area contributed by atoms with Crippen LogP contribution >= 0.6 is 0 Å². The van der Waals surface area contributed by atoms with Crippen molar-refractivity contribution in [1.82, 2.24) is 10.3 Å². The number of aryl methyl sites for hydroxylation is 1. The summed E-state index contributed by atoms with van der Waals surface area (Å²) in [5.41, 5.74) is 4.85. The van der Waals surface area contributed by atoms with Gasteiger partial charge in [0.25, 0.3) is 5.91 Å². The minimum atomic E-state index is -0.0355. The van der Waals surface area contributed by atoms with Crippen molar-refractivity contribution in [2.45, 2.75) is 52.5 Å². The summed E-state index contributed by atoms with van der Waals surface area (Å²) >= 11 is 0. The molecule has 0 radical (unpaired) electrons. The first-order chi connectivity index (χ1) is 13.1. The monoisotopic (exact) mass is 366 g/mol. The van der Waals surface area contributed by atoms with Gasteiger partial charge in [0.05, 0.1) is 17.4 Å². The van der Waals surface area contributed by atoms with Crippen LogP contribution < -0.4 is 15.5 Å². The SMILES string of the molecule is CCN(CC)c1ccc(Nc2cncc(C(=O)NC3CCCC3)c2)c(C)c1. The molecular weight excluding hydrogens is 336 g/mol. The van der Waals surface area contributed by atoms with E-state index in [0.717, 1.165) is 37.3 Å². The smallest absolute Gasteiger partial charge is 0.253 e. The normalized spacial score (nSPS) is 14.2. The number of aromatic nitrogens is 1. The Bertz CT molecular complexity index is 780. The highest BCUT2D eigenvalue weighted by molar-refractivity contribution is 5.95. The third-order valence-corrected chi connectivity index (χ3v) is 5.31. The van der Waals surface area contributed by atoms with Gasteiger partial charge in [-0.25, -0.2) is 0 Å². The molecule has 1 aliphatic rings. The summed E-state index contributed by atoms with van der Waals surface area (Å²) in [4.78, 5) is 19.0. The second kappa shape index (κ2) is 8.89. The van der Waals surface area contributed by atoms with E-state index in [2.05, 4.69) is 59.5 Å². The van der Waals surface area contributed by atoms with E-state index in [-0.39, 0.29) is 5.91 Å². The largest absolute Gasteiger partial charge is 0.372 e. The van der Waals surface area contributed by atoms with E-state index in [0.29, 0.717) is 11.6 Å². The third-order valence-electron chi connectivity index (χ3n) is 5.31. The fourth-order valence-electron chi connectivity index (χ4n) is 3.70. The molecule has 144 valence electrons. The number of carbonyl (C=O) groups is 1. The van der Waals surface area contributed by atoms with Gasteiger partial charge in [0.15, 0.2) is 0 Å². The lowest BCUT2D eigenvalue weighted by Gasteiger charge is -2.22. The molecule has 0 atom stereocenters. The van der Waals surface area contributed by atoms with Crippen molar-refractivity contribution in [3.8, 4) is 0 Å². The Labute approximate surface area is 162 Å². The molecule has 5 nitrogen and oxygen atoms in total. The molecule has 0 spiro atoms. The fourth-order valence-corrected chi connectivity index (χ4v) is 3.70. The number of rotatable bonds is 7. The van der Waals surface area contributed by atoms with Crippen molar-refractivity contribution in [3.63, 3.8) is 0 Å². The molecule has 0 aliphatic heterocycles. The van der Waals surface area contributed by atoms with Gasteiger partial charge in [0.2, 0.25) is 0 Å². The van der Waals surface area contributed by atoms with Crippen LogP contribution in [0.5, 0.6) is 0 Å². The van der Waals surface area contributed by atoms with Crippen molar-refractivity contribution in [2.24, 2.45) is 0 Å². The molecule has 27 heavy (non-hydrogen) atoms. The number of nitrogens with zero attached hydrogens (tertiary/aromatic N) is 2. The van der Waals surface area contributed by atoms with Gasteiger partial charge < -0.3 is 15.5 Å². The van der Waals surface area contributed by atoms with E-state index < -0.39 is 0 Å². The van der Waals surface area contributed by atoms with Crippen LogP contribution in [0.25, 0.3) is 0 Å². The van der Waals surface area contributed by atoms with E-state index in [1.807, 2.05) is 6.07 Å². The highest BCUT2D eigenvalue weighted by atomic mass is 16.1. The molecule has 1 aromatic carbocycles. The van der Waals surface area contributed by atoms with E-state index in [4.69, 9.17) is 0 Å². The van der Waals surface area contributed by atoms with Crippen LogP contribution in [0, 0.1) is 6.92 Å². The van der Waals surface area contributed by atoms with Gasteiger partial charge in [-0.3, -0.25) is 9.78 Å². The number of hydrogen-bond acceptors (Lipinski definition) is 4. The Morgan fingerprint density at radius 1 is 1.15 bits per heavy atom. The highest BCUT2D eigenvalue weighted by Gasteiger charge is 2.18. The molecule has 0 bridgehead atoms. The topological polar surface area (TPSA) is 57.3 Å². The van der Waals surface area contributed by atoms with Crippen LogP contribution in [0.1, 0.15) is 55.5 Å².